The van der Waals surface area contributed by atoms with Crippen molar-refractivity contribution in [2.75, 3.05) is 18.0 Å². The highest BCUT2D eigenvalue weighted by Gasteiger charge is 2.42. The summed E-state index contributed by atoms with van der Waals surface area (Å²) in [6, 6.07) is 12.2. The number of rotatable bonds is 8. The van der Waals surface area contributed by atoms with Crippen molar-refractivity contribution in [3.8, 4) is 11.1 Å². The first-order valence-electron chi connectivity index (χ1n) is 13.1. The Morgan fingerprint density at radius 2 is 1.71 bits per heavy atom. The SMILES string of the molecule is CC1CCCN(c2nc(C(F)(F)F)c(C(=O)Cc3ccc(-c4ccc(C(=O)Cc5ccccc5F)nc4)cn3)o2)C1. The van der Waals surface area contributed by atoms with Crippen molar-refractivity contribution < 1.29 is 31.6 Å². The molecule has 3 aromatic heterocycles. The number of aromatic nitrogens is 3. The molecule has 0 saturated carbocycles. The largest absolute Gasteiger partial charge is 0.437 e. The number of hydrogen-bond acceptors (Lipinski definition) is 7. The van der Waals surface area contributed by atoms with Crippen LogP contribution in [0.25, 0.3) is 11.1 Å². The van der Waals surface area contributed by atoms with Crippen LogP contribution in [-0.4, -0.2) is 39.6 Å². The second-order valence-electron chi connectivity index (χ2n) is 10.1. The maximum absolute atomic E-state index is 13.9. The van der Waals surface area contributed by atoms with Gasteiger partial charge in [0.1, 0.15) is 11.5 Å². The van der Waals surface area contributed by atoms with E-state index < -0.39 is 35.7 Å². The van der Waals surface area contributed by atoms with Crippen LogP contribution in [0.5, 0.6) is 0 Å². The number of piperidine rings is 1. The van der Waals surface area contributed by atoms with Gasteiger partial charge < -0.3 is 9.32 Å². The fourth-order valence-corrected chi connectivity index (χ4v) is 4.77. The molecule has 1 aliphatic heterocycles. The molecule has 11 heteroatoms. The number of oxazole rings is 1. The Hall–Kier alpha value is -4.41. The number of alkyl halides is 3. The molecule has 0 spiro atoms. The molecular formula is C30H26F4N4O3. The Balaban J connectivity index is 1.27. The molecule has 4 aromatic rings. The summed E-state index contributed by atoms with van der Waals surface area (Å²) in [5, 5.41) is 0. The summed E-state index contributed by atoms with van der Waals surface area (Å²) in [5.41, 5.74) is 0.636. The zero-order valence-electron chi connectivity index (χ0n) is 22.1. The lowest BCUT2D eigenvalue weighted by Crippen LogP contribution is -2.34. The molecule has 0 radical (unpaired) electrons. The molecule has 0 amide bonds. The summed E-state index contributed by atoms with van der Waals surface area (Å²) in [6.07, 6.45) is -0.673. The van der Waals surface area contributed by atoms with Crippen LogP contribution in [0.1, 0.15) is 57.8 Å². The van der Waals surface area contributed by atoms with Crippen molar-refractivity contribution >= 4 is 17.6 Å². The highest BCUT2D eigenvalue weighted by Crippen LogP contribution is 2.35. The third-order valence-corrected chi connectivity index (χ3v) is 6.92. The fraction of sp³-hybridized carbons (Fsp3) is 0.300. The second-order valence-corrected chi connectivity index (χ2v) is 10.1. The first-order chi connectivity index (χ1) is 19.6. The van der Waals surface area contributed by atoms with E-state index in [2.05, 4.69) is 15.0 Å². The molecule has 1 unspecified atom stereocenters. The van der Waals surface area contributed by atoms with Gasteiger partial charge in [0.15, 0.2) is 11.5 Å². The van der Waals surface area contributed by atoms with Crippen LogP contribution >= 0.6 is 0 Å². The average Bonchev–Trinajstić information content (AvgIpc) is 3.42. The second kappa shape index (κ2) is 11.6. The van der Waals surface area contributed by atoms with Crippen molar-refractivity contribution in [2.45, 2.75) is 38.8 Å². The van der Waals surface area contributed by atoms with Gasteiger partial charge in [-0.25, -0.2) is 4.39 Å². The van der Waals surface area contributed by atoms with Crippen LogP contribution in [0.4, 0.5) is 23.6 Å². The maximum Gasteiger partial charge on any atom is 0.437 e. The lowest BCUT2D eigenvalue weighted by atomic mass is 10.0. The van der Waals surface area contributed by atoms with Gasteiger partial charge in [-0.3, -0.25) is 19.6 Å². The third kappa shape index (κ3) is 6.50. The van der Waals surface area contributed by atoms with Gasteiger partial charge in [-0.15, -0.1) is 0 Å². The number of hydrogen-bond donors (Lipinski definition) is 0. The van der Waals surface area contributed by atoms with E-state index in [1.165, 1.54) is 30.6 Å². The number of ketones is 2. The maximum atomic E-state index is 13.9. The average molecular weight is 567 g/mol. The van der Waals surface area contributed by atoms with Gasteiger partial charge in [-0.05, 0) is 42.5 Å². The van der Waals surface area contributed by atoms with Crippen LogP contribution in [0, 0.1) is 11.7 Å². The van der Waals surface area contributed by atoms with Crippen molar-refractivity contribution in [3.05, 3.63) is 95.1 Å². The van der Waals surface area contributed by atoms with Gasteiger partial charge in [-0.2, -0.15) is 18.2 Å². The van der Waals surface area contributed by atoms with Crippen molar-refractivity contribution in [1.82, 2.24) is 15.0 Å². The van der Waals surface area contributed by atoms with Crippen LogP contribution in [0.2, 0.25) is 0 Å². The monoisotopic (exact) mass is 566 g/mol. The summed E-state index contributed by atoms with van der Waals surface area (Å²) >= 11 is 0. The molecule has 41 heavy (non-hydrogen) atoms. The van der Waals surface area contributed by atoms with Crippen LogP contribution in [0.3, 0.4) is 0 Å². The molecule has 212 valence electrons. The lowest BCUT2D eigenvalue weighted by molar-refractivity contribution is -0.141. The van der Waals surface area contributed by atoms with Crippen LogP contribution < -0.4 is 4.90 Å². The molecule has 0 bridgehead atoms. The normalized spacial score (nSPS) is 15.6. The first-order valence-corrected chi connectivity index (χ1v) is 13.1. The highest BCUT2D eigenvalue weighted by atomic mass is 19.4. The topological polar surface area (TPSA) is 89.2 Å². The predicted molar refractivity (Wildman–Crippen MR) is 142 cm³/mol. The van der Waals surface area contributed by atoms with E-state index in [1.54, 1.807) is 35.2 Å². The van der Waals surface area contributed by atoms with E-state index in [4.69, 9.17) is 4.42 Å². The van der Waals surface area contributed by atoms with Crippen LogP contribution in [-0.2, 0) is 19.0 Å². The number of pyridine rings is 2. The number of carbonyl (C=O) groups is 2. The summed E-state index contributed by atoms with van der Waals surface area (Å²) in [4.78, 5) is 39.1. The van der Waals surface area contributed by atoms with E-state index in [-0.39, 0.29) is 41.1 Å². The number of anilines is 1. The predicted octanol–water partition coefficient (Wildman–Crippen LogP) is 6.38. The summed E-state index contributed by atoms with van der Waals surface area (Å²) in [7, 11) is 0. The zero-order chi connectivity index (χ0) is 29.1. The smallest absolute Gasteiger partial charge is 0.420 e. The summed E-state index contributed by atoms with van der Waals surface area (Å²) < 4.78 is 60.3. The molecular weight excluding hydrogens is 540 g/mol. The molecule has 1 aromatic carbocycles. The van der Waals surface area contributed by atoms with E-state index in [0.29, 0.717) is 24.2 Å². The van der Waals surface area contributed by atoms with Crippen molar-refractivity contribution in [2.24, 2.45) is 5.92 Å². The minimum atomic E-state index is -4.85. The van der Waals surface area contributed by atoms with Gasteiger partial charge in [0, 0.05) is 48.7 Å². The molecule has 1 aliphatic rings. The highest BCUT2D eigenvalue weighted by molar-refractivity contribution is 5.96. The minimum Gasteiger partial charge on any atom is -0.420 e. The standard InChI is InChI=1S/C30H26F4N4O3/c1-18-5-4-12-38(17-18)29-37-28(30(32,33)34)27(41-29)26(40)14-22-10-8-20(15-35-22)21-9-11-24(36-16-21)25(39)13-19-6-2-3-7-23(19)31/h2-3,6-11,15-16,18H,4-5,12-14,17H2,1H3. The molecule has 7 nitrogen and oxygen atoms in total. The first kappa shape index (κ1) is 28.1. The Kier molecular flexibility index (Phi) is 7.96. The molecule has 0 aliphatic carbocycles. The van der Waals surface area contributed by atoms with E-state index in [0.717, 1.165) is 12.8 Å². The molecule has 1 atom stereocenters. The number of carbonyl (C=O) groups excluding carboxylic acids is 2. The van der Waals surface area contributed by atoms with Crippen LogP contribution in [0.15, 0.2) is 65.3 Å². The fourth-order valence-electron chi connectivity index (χ4n) is 4.77. The Morgan fingerprint density at radius 3 is 2.34 bits per heavy atom. The zero-order valence-corrected chi connectivity index (χ0v) is 22.1. The van der Waals surface area contributed by atoms with Crippen molar-refractivity contribution in [3.63, 3.8) is 0 Å². The van der Waals surface area contributed by atoms with Gasteiger partial charge >= 0.3 is 6.18 Å². The number of Topliss-reactive ketones (excluding diaryl/α,β-unsaturated/α-hetero) is 2. The van der Waals surface area contributed by atoms with Gasteiger partial charge in [0.2, 0.25) is 11.5 Å². The molecule has 1 fully saturated rings. The number of halogens is 4. The van der Waals surface area contributed by atoms with Crippen molar-refractivity contribution in [1.29, 1.82) is 0 Å². The Labute approximate surface area is 233 Å². The van der Waals surface area contributed by atoms with E-state index in [9.17, 15) is 27.2 Å². The number of benzene rings is 1. The third-order valence-electron chi connectivity index (χ3n) is 6.92. The molecule has 1 saturated heterocycles. The van der Waals surface area contributed by atoms with E-state index >= 15 is 0 Å². The Bertz CT molecular complexity index is 1550. The summed E-state index contributed by atoms with van der Waals surface area (Å²) in [6.45, 7) is 3.01. The summed E-state index contributed by atoms with van der Waals surface area (Å²) in [5.74, 6) is -2.22. The van der Waals surface area contributed by atoms with Gasteiger partial charge in [0.25, 0.3) is 6.01 Å². The number of nitrogens with zero attached hydrogens (tertiary/aromatic N) is 4. The van der Waals surface area contributed by atoms with Gasteiger partial charge in [-0.1, -0.05) is 37.3 Å². The van der Waals surface area contributed by atoms with Gasteiger partial charge in [0.05, 0.1) is 6.42 Å². The molecule has 4 heterocycles. The molecule has 0 N–H and O–H groups in total. The minimum absolute atomic E-state index is 0.122. The lowest BCUT2D eigenvalue weighted by Gasteiger charge is -2.29. The Morgan fingerprint density at radius 1 is 0.976 bits per heavy atom. The quantitative estimate of drug-likeness (QED) is 0.181. The molecule has 5 rings (SSSR count). The van der Waals surface area contributed by atoms with E-state index in [1.807, 2.05) is 6.92 Å².